The number of methoxy groups -OCH3 is 2. The lowest BCUT2D eigenvalue weighted by atomic mass is 10.1. The predicted molar refractivity (Wildman–Crippen MR) is 107 cm³/mol. The number of hydrogen-bond acceptors (Lipinski definition) is 7. The average molecular weight is 403 g/mol. The molecular weight excluding hydrogens is 374 g/mol. The van der Waals surface area contributed by atoms with Gasteiger partial charge in [0, 0.05) is 43.1 Å². The molecule has 0 aliphatic carbocycles. The van der Waals surface area contributed by atoms with Gasteiger partial charge < -0.3 is 24.3 Å². The van der Waals surface area contributed by atoms with Gasteiger partial charge in [-0.3, -0.25) is 0 Å². The monoisotopic (exact) mass is 403 g/mol. The second-order valence-electron chi connectivity index (χ2n) is 6.81. The van der Waals surface area contributed by atoms with E-state index in [0.717, 1.165) is 41.9 Å². The van der Waals surface area contributed by atoms with Crippen LogP contribution < -0.4 is 14.8 Å². The van der Waals surface area contributed by atoms with Gasteiger partial charge in [0.2, 0.25) is 0 Å². The Balaban J connectivity index is 1.72. The van der Waals surface area contributed by atoms with E-state index in [4.69, 9.17) is 18.9 Å². The van der Waals surface area contributed by atoms with Gasteiger partial charge in [-0.25, -0.2) is 9.48 Å². The van der Waals surface area contributed by atoms with Crippen molar-refractivity contribution in [2.75, 3.05) is 27.4 Å². The Morgan fingerprint density at radius 1 is 1.24 bits per heavy atom. The molecule has 0 saturated carbocycles. The van der Waals surface area contributed by atoms with Crippen LogP contribution in [0.25, 0.3) is 0 Å². The van der Waals surface area contributed by atoms with E-state index in [1.807, 2.05) is 24.4 Å². The molecule has 0 radical (unpaired) electrons. The lowest BCUT2D eigenvalue weighted by molar-refractivity contribution is -0.0397. The fourth-order valence-electron chi connectivity index (χ4n) is 3.34. The van der Waals surface area contributed by atoms with Gasteiger partial charge in [0.25, 0.3) is 0 Å². The van der Waals surface area contributed by atoms with Crippen LogP contribution in [0.2, 0.25) is 0 Å². The van der Waals surface area contributed by atoms with Crippen LogP contribution in [0.15, 0.2) is 24.4 Å². The van der Waals surface area contributed by atoms with Crippen molar-refractivity contribution in [3.63, 3.8) is 0 Å². The molecule has 2 heterocycles. The summed E-state index contributed by atoms with van der Waals surface area (Å²) in [6.07, 6.45) is 4.78. The van der Waals surface area contributed by atoms with Crippen LogP contribution in [0.5, 0.6) is 11.5 Å². The molecule has 0 amide bonds. The minimum Gasteiger partial charge on any atom is -0.497 e. The summed E-state index contributed by atoms with van der Waals surface area (Å²) < 4.78 is 23.4. The highest BCUT2D eigenvalue weighted by molar-refractivity contribution is 5.88. The number of carbonyl (C=O) groups excluding carboxylic acids is 1. The van der Waals surface area contributed by atoms with Crippen LogP contribution in [0, 0.1) is 0 Å². The summed E-state index contributed by atoms with van der Waals surface area (Å²) in [5.41, 5.74) is 2.11. The molecule has 1 saturated heterocycles. The third kappa shape index (κ3) is 5.27. The molecular formula is C21H29N3O5. The van der Waals surface area contributed by atoms with Gasteiger partial charge in [0.1, 0.15) is 17.7 Å². The molecule has 1 unspecified atom stereocenters. The lowest BCUT2D eigenvalue weighted by Gasteiger charge is -2.22. The number of carbonyl (C=O) groups is 1. The summed E-state index contributed by atoms with van der Waals surface area (Å²) in [5, 5.41) is 7.83. The summed E-state index contributed by atoms with van der Waals surface area (Å²) in [7, 11) is 3.25. The Morgan fingerprint density at radius 3 is 2.76 bits per heavy atom. The van der Waals surface area contributed by atoms with Crippen LogP contribution >= 0.6 is 0 Å². The minimum atomic E-state index is -0.416. The first-order valence-electron chi connectivity index (χ1n) is 9.94. The zero-order chi connectivity index (χ0) is 20.6. The molecule has 8 nitrogen and oxygen atoms in total. The van der Waals surface area contributed by atoms with Crippen LogP contribution in [-0.4, -0.2) is 43.2 Å². The number of rotatable bonds is 9. The summed E-state index contributed by atoms with van der Waals surface area (Å²) in [4.78, 5) is 12.4. The Labute approximate surface area is 171 Å². The maximum Gasteiger partial charge on any atom is 0.359 e. The molecule has 1 atom stereocenters. The second-order valence-corrected chi connectivity index (χ2v) is 6.81. The zero-order valence-electron chi connectivity index (χ0n) is 17.3. The van der Waals surface area contributed by atoms with Gasteiger partial charge in [-0.1, -0.05) is 6.07 Å². The van der Waals surface area contributed by atoms with Crippen LogP contribution in [0.4, 0.5) is 0 Å². The van der Waals surface area contributed by atoms with Gasteiger partial charge in [-0.2, -0.15) is 5.10 Å². The van der Waals surface area contributed by atoms with E-state index in [1.54, 1.807) is 25.8 Å². The van der Waals surface area contributed by atoms with E-state index < -0.39 is 5.97 Å². The van der Waals surface area contributed by atoms with Gasteiger partial charge >= 0.3 is 5.97 Å². The summed E-state index contributed by atoms with van der Waals surface area (Å²) in [5.74, 6) is 1.07. The summed E-state index contributed by atoms with van der Waals surface area (Å²) in [6.45, 7) is 3.84. The third-order valence-corrected chi connectivity index (χ3v) is 4.85. The fraction of sp³-hybridized carbons (Fsp3) is 0.524. The molecule has 8 heteroatoms. The van der Waals surface area contributed by atoms with E-state index in [0.29, 0.717) is 32.0 Å². The first kappa shape index (κ1) is 21.1. The van der Waals surface area contributed by atoms with Crippen molar-refractivity contribution >= 4 is 5.97 Å². The Kier molecular flexibility index (Phi) is 7.48. The van der Waals surface area contributed by atoms with Crippen molar-refractivity contribution in [2.24, 2.45) is 0 Å². The third-order valence-electron chi connectivity index (χ3n) is 4.85. The normalized spacial score (nSPS) is 16.4. The number of nitrogens with zero attached hydrogens (tertiary/aromatic N) is 2. The second kappa shape index (κ2) is 10.3. The van der Waals surface area contributed by atoms with Gasteiger partial charge in [-0.15, -0.1) is 0 Å². The maximum atomic E-state index is 12.4. The highest BCUT2D eigenvalue weighted by Gasteiger charge is 2.23. The van der Waals surface area contributed by atoms with Crippen LogP contribution in [0.3, 0.4) is 0 Å². The molecule has 1 aromatic heterocycles. The smallest absolute Gasteiger partial charge is 0.359 e. The van der Waals surface area contributed by atoms with Crippen molar-refractivity contribution < 1.29 is 23.7 Å². The largest absolute Gasteiger partial charge is 0.497 e. The van der Waals surface area contributed by atoms with Crippen molar-refractivity contribution in [1.29, 1.82) is 0 Å². The van der Waals surface area contributed by atoms with Crippen LogP contribution in [0.1, 0.15) is 54.0 Å². The predicted octanol–water partition coefficient (Wildman–Crippen LogP) is 3.07. The summed E-state index contributed by atoms with van der Waals surface area (Å²) in [6, 6.07) is 5.69. The standard InChI is InChI=1S/C21H29N3O5/c1-4-28-21(25)20-16(14-24(23-20)19-7-5-6-10-29-19)13-22-12-15-8-9-17(26-2)11-18(15)27-3/h8-9,11,14,19,22H,4-7,10,12-13H2,1-3H3. The van der Waals surface area contributed by atoms with E-state index in [2.05, 4.69) is 10.4 Å². The SMILES string of the molecule is CCOC(=O)c1nn(C2CCCCO2)cc1CNCc1ccc(OC)cc1OC. The molecule has 2 aromatic rings. The molecule has 0 bridgehead atoms. The van der Waals surface area contributed by atoms with E-state index >= 15 is 0 Å². The molecule has 1 fully saturated rings. The number of benzene rings is 1. The maximum absolute atomic E-state index is 12.4. The van der Waals surface area contributed by atoms with Gasteiger partial charge in [-0.05, 0) is 32.3 Å². The average Bonchev–Trinajstić information content (AvgIpc) is 3.19. The number of esters is 1. The number of nitrogens with one attached hydrogen (secondary N) is 1. The van der Waals surface area contributed by atoms with Crippen molar-refractivity contribution in [3.05, 3.63) is 41.2 Å². The molecule has 29 heavy (non-hydrogen) atoms. The number of ether oxygens (including phenoxy) is 4. The molecule has 158 valence electrons. The molecule has 0 spiro atoms. The van der Waals surface area contributed by atoms with Gasteiger partial charge in [0.05, 0.1) is 20.8 Å². The van der Waals surface area contributed by atoms with E-state index in [-0.39, 0.29) is 6.23 Å². The van der Waals surface area contributed by atoms with E-state index in [9.17, 15) is 4.79 Å². The fourth-order valence-corrected chi connectivity index (χ4v) is 3.34. The van der Waals surface area contributed by atoms with E-state index in [1.165, 1.54) is 0 Å². The van der Waals surface area contributed by atoms with Crippen molar-refractivity contribution in [1.82, 2.24) is 15.1 Å². The Morgan fingerprint density at radius 2 is 2.07 bits per heavy atom. The first-order valence-corrected chi connectivity index (χ1v) is 9.94. The Bertz CT molecular complexity index is 815. The zero-order valence-corrected chi connectivity index (χ0v) is 17.3. The van der Waals surface area contributed by atoms with Crippen molar-refractivity contribution in [2.45, 2.75) is 45.5 Å². The summed E-state index contributed by atoms with van der Waals surface area (Å²) >= 11 is 0. The highest BCUT2D eigenvalue weighted by atomic mass is 16.5. The molecule has 1 aromatic carbocycles. The highest BCUT2D eigenvalue weighted by Crippen LogP contribution is 2.25. The Hall–Kier alpha value is -2.58. The topological polar surface area (TPSA) is 83.8 Å². The molecule has 1 aliphatic rings. The molecule has 1 N–H and O–H groups in total. The number of aromatic nitrogens is 2. The molecule has 3 rings (SSSR count). The molecule has 1 aliphatic heterocycles. The number of hydrogen-bond donors (Lipinski definition) is 1. The van der Waals surface area contributed by atoms with Crippen LogP contribution in [-0.2, 0) is 22.6 Å². The van der Waals surface area contributed by atoms with Crippen molar-refractivity contribution in [3.8, 4) is 11.5 Å². The quantitative estimate of drug-likeness (QED) is 0.644. The first-order chi connectivity index (χ1) is 14.2. The van der Waals surface area contributed by atoms with Gasteiger partial charge in [0.15, 0.2) is 5.69 Å². The lowest BCUT2D eigenvalue weighted by Crippen LogP contribution is -2.19. The minimum absolute atomic E-state index is 0.132.